The summed E-state index contributed by atoms with van der Waals surface area (Å²) in [5.74, 6) is 0.891. The van der Waals surface area contributed by atoms with Crippen molar-refractivity contribution >= 4 is 22.4 Å². The van der Waals surface area contributed by atoms with Crippen LogP contribution in [0.1, 0.15) is 5.56 Å². The number of imidazole rings is 1. The van der Waals surface area contributed by atoms with Crippen LogP contribution in [-0.4, -0.2) is 16.4 Å². The van der Waals surface area contributed by atoms with E-state index in [1.807, 2.05) is 41.9 Å². The summed E-state index contributed by atoms with van der Waals surface area (Å²) in [6.07, 6.45) is 3.53. The Kier molecular flexibility index (Phi) is 2.63. The van der Waals surface area contributed by atoms with Crippen LogP contribution in [-0.2, 0) is 0 Å². The number of aromatic nitrogens is 2. The van der Waals surface area contributed by atoms with Crippen molar-refractivity contribution in [3.05, 3.63) is 54.4 Å². The van der Waals surface area contributed by atoms with E-state index >= 15 is 0 Å². The molecule has 5 heteroatoms. The molecule has 3 aromatic heterocycles. The van der Waals surface area contributed by atoms with Crippen LogP contribution in [0.25, 0.3) is 27.9 Å². The smallest absolute Gasteiger partial charge is 0.140 e. The van der Waals surface area contributed by atoms with Crippen molar-refractivity contribution in [1.82, 2.24) is 9.38 Å². The van der Waals surface area contributed by atoms with Crippen molar-refractivity contribution in [3.8, 4) is 17.3 Å². The minimum Gasteiger partial charge on any atom is -0.464 e. The van der Waals surface area contributed by atoms with E-state index in [-0.39, 0.29) is 0 Å². The molecule has 1 N–H and O–H groups in total. The number of hydrogen-bond donors (Lipinski definition) is 1. The summed E-state index contributed by atoms with van der Waals surface area (Å²) < 4.78 is 7.32. The standard InChI is InChI=1S/C17H12N4O/c1-19-17-16(13-2-3-14-12(9-13)5-7-22-14)20-15-8-11(10-18)4-6-21(15)17/h2-9,19H,1H3. The summed E-state index contributed by atoms with van der Waals surface area (Å²) >= 11 is 0. The third-order valence-electron chi connectivity index (χ3n) is 3.72. The molecule has 0 aliphatic rings. The molecule has 0 spiro atoms. The third-order valence-corrected chi connectivity index (χ3v) is 3.72. The molecule has 4 aromatic rings. The first-order chi connectivity index (χ1) is 10.8. The van der Waals surface area contributed by atoms with E-state index in [1.165, 1.54) is 0 Å². The highest BCUT2D eigenvalue weighted by Crippen LogP contribution is 2.31. The molecular weight excluding hydrogens is 276 g/mol. The van der Waals surface area contributed by atoms with Crippen LogP contribution in [0.2, 0.25) is 0 Å². The second-order valence-electron chi connectivity index (χ2n) is 4.99. The second-order valence-corrected chi connectivity index (χ2v) is 4.99. The quantitative estimate of drug-likeness (QED) is 0.611. The fourth-order valence-corrected chi connectivity index (χ4v) is 2.67. The molecule has 5 nitrogen and oxygen atoms in total. The Labute approximate surface area is 126 Å². The lowest BCUT2D eigenvalue weighted by Gasteiger charge is -2.04. The van der Waals surface area contributed by atoms with E-state index in [2.05, 4.69) is 16.4 Å². The van der Waals surface area contributed by atoms with Gasteiger partial charge in [0.05, 0.1) is 17.9 Å². The first-order valence-corrected chi connectivity index (χ1v) is 6.88. The molecule has 4 rings (SSSR count). The van der Waals surface area contributed by atoms with Gasteiger partial charge in [-0.3, -0.25) is 4.40 Å². The molecular formula is C17H12N4O. The lowest BCUT2D eigenvalue weighted by atomic mass is 10.1. The highest BCUT2D eigenvalue weighted by atomic mass is 16.3. The summed E-state index contributed by atoms with van der Waals surface area (Å²) in [7, 11) is 1.86. The van der Waals surface area contributed by atoms with Crippen molar-refractivity contribution < 1.29 is 4.42 Å². The van der Waals surface area contributed by atoms with Gasteiger partial charge in [0.25, 0.3) is 0 Å². The van der Waals surface area contributed by atoms with Crippen LogP contribution in [0.3, 0.4) is 0 Å². The van der Waals surface area contributed by atoms with Gasteiger partial charge < -0.3 is 9.73 Å². The van der Waals surface area contributed by atoms with Crippen LogP contribution in [0.15, 0.2) is 53.3 Å². The van der Waals surface area contributed by atoms with E-state index in [0.717, 1.165) is 33.7 Å². The van der Waals surface area contributed by atoms with Crippen LogP contribution < -0.4 is 5.32 Å². The predicted molar refractivity (Wildman–Crippen MR) is 84.7 cm³/mol. The zero-order valence-electron chi connectivity index (χ0n) is 11.9. The van der Waals surface area contributed by atoms with Crippen LogP contribution >= 0.6 is 0 Å². The van der Waals surface area contributed by atoms with E-state index in [0.29, 0.717) is 5.56 Å². The van der Waals surface area contributed by atoms with Gasteiger partial charge >= 0.3 is 0 Å². The SMILES string of the molecule is CNc1c(-c2ccc3occc3c2)nc2cc(C#N)ccn12. The molecule has 1 aromatic carbocycles. The average Bonchev–Trinajstić information content (AvgIpc) is 3.16. The van der Waals surface area contributed by atoms with E-state index in [1.54, 1.807) is 18.4 Å². The molecule has 3 heterocycles. The number of nitrogens with zero attached hydrogens (tertiary/aromatic N) is 3. The predicted octanol–water partition coefficient (Wildman–Crippen LogP) is 3.66. The monoisotopic (exact) mass is 288 g/mol. The molecule has 0 bridgehead atoms. The number of furan rings is 1. The zero-order chi connectivity index (χ0) is 15.1. The molecule has 0 atom stereocenters. The number of hydrogen-bond acceptors (Lipinski definition) is 4. The maximum Gasteiger partial charge on any atom is 0.140 e. The Bertz CT molecular complexity index is 1040. The summed E-state index contributed by atoms with van der Waals surface area (Å²) in [6, 6.07) is 13.6. The molecule has 22 heavy (non-hydrogen) atoms. The Morgan fingerprint density at radius 2 is 2.14 bits per heavy atom. The van der Waals surface area contributed by atoms with Gasteiger partial charge in [-0.1, -0.05) is 0 Å². The molecule has 0 amide bonds. The van der Waals surface area contributed by atoms with Gasteiger partial charge in [-0.15, -0.1) is 0 Å². The van der Waals surface area contributed by atoms with Gasteiger partial charge in [0.15, 0.2) is 0 Å². The zero-order valence-corrected chi connectivity index (χ0v) is 11.9. The topological polar surface area (TPSA) is 66.3 Å². The number of fused-ring (bicyclic) bond motifs is 2. The summed E-state index contributed by atoms with van der Waals surface area (Å²) in [6.45, 7) is 0. The molecule has 0 unspecified atom stereocenters. The van der Waals surface area contributed by atoms with Crippen molar-refractivity contribution in [1.29, 1.82) is 5.26 Å². The van der Waals surface area contributed by atoms with Gasteiger partial charge in [-0.25, -0.2) is 4.98 Å². The van der Waals surface area contributed by atoms with Crippen molar-refractivity contribution in [2.24, 2.45) is 0 Å². The lowest BCUT2D eigenvalue weighted by Crippen LogP contribution is -1.95. The Morgan fingerprint density at radius 1 is 1.23 bits per heavy atom. The lowest BCUT2D eigenvalue weighted by molar-refractivity contribution is 0.616. The second kappa shape index (κ2) is 4.64. The van der Waals surface area contributed by atoms with E-state index in [4.69, 9.17) is 9.68 Å². The van der Waals surface area contributed by atoms with Gasteiger partial charge in [0.2, 0.25) is 0 Å². The largest absolute Gasteiger partial charge is 0.464 e. The maximum absolute atomic E-state index is 9.03. The fraction of sp³-hybridized carbons (Fsp3) is 0.0588. The fourth-order valence-electron chi connectivity index (χ4n) is 2.67. The summed E-state index contributed by atoms with van der Waals surface area (Å²) in [5, 5.41) is 13.3. The Hall–Kier alpha value is -3.26. The van der Waals surface area contributed by atoms with Gasteiger partial charge in [-0.2, -0.15) is 5.26 Å². The van der Waals surface area contributed by atoms with Gasteiger partial charge in [0, 0.05) is 24.2 Å². The number of nitrogens with one attached hydrogen (secondary N) is 1. The number of benzene rings is 1. The highest BCUT2D eigenvalue weighted by Gasteiger charge is 2.14. The van der Waals surface area contributed by atoms with Gasteiger partial charge in [-0.05, 0) is 36.4 Å². The van der Waals surface area contributed by atoms with Crippen molar-refractivity contribution in [2.75, 3.05) is 12.4 Å². The molecule has 106 valence electrons. The molecule has 0 aliphatic heterocycles. The first kappa shape index (κ1) is 12.5. The summed E-state index contributed by atoms with van der Waals surface area (Å²) in [4.78, 5) is 4.67. The number of pyridine rings is 1. The normalized spacial score (nSPS) is 10.9. The highest BCUT2D eigenvalue weighted by molar-refractivity contribution is 5.86. The maximum atomic E-state index is 9.03. The van der Waals surface area contributed by atoms with E-state index < -0.39 is 0 Å². The average molecular weight is 288 g/mol. The molecule has 0 radical (unpaired) electrons. The molecule has 0 saturated carbocycles. The Morgan fingerprint density at radius 3 is 2.95 bits per heavy atom. The number of anilines is 1. The van der Waals surface area contributed by atoms with Crippen molar-refractivity contribution in [2.45, 2.75) is 0 Å². The van der Waals surface area contributed by atoms with Gasteiger partial charge in [0.1, 0.15) is 22.7 Å². The Balaban J connectivity index is 1.98. The number of rotatable bonds is 2. The summed E-state index contributed by atoms with van der Waals surface area (Å²) in [5.41, 5.74) is 4.04. The molecule has 0 saturated heterocycles. The molecule has 0 fully saturated rings. The minimum absolute atomic E-state index is 0.594. The third kappa shape index (κ3) is 1.75. The number of nitriles is 1. The van der Waals surface area contributed by atoms with Crippen LogP contribution in [0.4, 0.5) is 5.82 Å². The minimum atomic E-state index is 0.594. The van der Waals surface area contributed by atoms with Crippen LogP contribution in [0.5, 0.6) is 0 Å². The van der Waals surface area contributed by atoms with Crippen LogP contribution in [0, 0.1) is 11.3 Å². The molecule has 0 aliphatic carbocycles. The van der Waals surface area contributed by atoms with E-state index in [9.17, 15) is 0 Å². The first-order valence-electron chi connectivity index (χ1n) is 6.88. The van der Waals surface area contributed by atoms with Crippen molar-refractivity contribution in [3.63, 3.8) is 0 Å².